The fraction of sp³-hybridized carbons (Fsp3) is 0.583. The number of carbonyl (C=O) groups is 2. The third-order valence-corrected chi connectivity index (χ3v) is 4.05. The molecule has 1 aromatic rings. The maximum Gasteiger partial charge on any atom is 0.327 e. The average molecular weight is 301 g/mol. The van der Waals surface area contributed by atoms with Crippen LogP contribution in [0, 0.1) is 0 Å². The summed E-state index contributed by atoms with van der Waals surface area (Å²) in [5, 5.41) is 15.5. The van der Waals surface area contributed by atoms with Crippen molar-refractivity contribution in [1.82, 2.24) is 15.1 Å². The van der Waals surface area contributed by atoms with Crippen LogP contribution < -0.4 is 5.32 Å². The van der Waals surface area contributed by atoms with Gasteiger partial charge in [0.2, 0.25) is 5.91 Å². The number of hydrogen-bond donors (Lipinski definition) is 2. The highest BCUT2D eigenvalue weighted by Crippen LogP contribution is 2.07. The summed E-state index contributed by atoms with van der Waals surface area (Å²) in [5.41, 5.74) is 1.68. The highest BCUT2D eigenvalue weighted by Gasteiger charge is 2.22. The van der Waals surface area contributed by atoms with Gasteiger partial charge in [-0.3, -0.25) is 13.7 Å². The fourth-order valence-electron chi connectivity index (χ4n) is 1.71. The zero-order valence-corrected chi connectivity index (χ0v) is 12.6. The molecule has 0 saturated carbocycles. The average Bonchev–Trinajstić information content (AvgIpc) is 2.68. The first kappa shape index (κ1) is 16.4. The minimum atomic E-state index is -1.39. The van der Waals surface area contributed by atoms with Crippen LogP contribution in [0.1, 0.15) is 25.2 Å². The predicted octanol–water partition coefficient (Wildman–Crippen LogP) is -0.179. The summed E-state index contributed by atoms with van der Waals surface area (Å²) in [4.78, 5) is 21.9. The molecule has 1 rings (SSSR count). The maximum absolute atomic E-state index is 12.0. The van der Waals surface area contributed by atoms with Crippen molar-refractivity contribution < 1.29 is 18.9 Å². The molecule has 7 nitrogen and oxygen atoms in total. The van der Waals surface area contributed by atoms with E-state index < -0.39 is 28.7 Å². The summed E-state index contributed by atoms with van der Waals surface area (Å²) in [6.07, 6.45) is 0.782. The van der Waals surface area contributed by atoms with Crippen LogP contribution in [0.25, 0.3) is 0 Å². The van der Waals surface area contributed by atoms with Gasteiger partial charge < -0.3 is 10.4 Å². The molecule has 0 bridgehead atoms. The molecule has 0 aliphatic rings. The van der Waals surface area contributed by atoms with Crippen LogP contribution in [-0.4, -0.2) is 42.8 Å². The molecule has 0 aliphatic carbocycles. The second kappa shape index (κ2) is 7.18. The zero-order chi connectivity index (χ0) is 15.3. The third kappa shape index (κ3) is 4.76. The molecule has 0 radical (unpaired) electrons. The van der Waals surface area contributed by atoms with Gasteiger partial charge in [0.1, 0.15) is 6.04 Å². The van der Waals surface area contributed by atoms with Crippen LogP contribution in [0.5, 0.6) is 0 Å². The van der Waals surface area contributed by atoms with Crippen molar-refractivity contribution in [2.45, 2.75) is 32.1 Å². The molecule has 8 heteroatoms. The van der Waals surface area contributed by atoms with Gasteiger partial charge in [0, 0.05) is 24.8 Å². The maximum atomic E-state index is 12.0. The van der Waals surface area contributed by atoms with Crippen LogP contribution in [0.2, 0.25) is 0 Å². The van der Waals surface area contributed by atoms with Gasteiger partial charge in [0.25, 0.3) is 0 Å². The van der Waals surface area contributed by atoms with Gasteiger partial charge in [0.05, 0.1) is 22.9 Å². The van der Waals surface area contributed by atoms with Crippen molar-refractivity contribution >= 4 is 22.7 Å². The number of aliphatic carboxylic acids is 1. The second-order valence-electron chi connectivity index (χ2n) is 4.45. The lowest BCUT2D eigenvalue weighted by Gasteiger charge is -2.12. The van der Waals surface area contributed by atoms with Crippen LogP contribution >= 0.6 is 0 Å². The van der Waals surface area contributed by atoms with Gasteiger partial charge in [-0.25, -0.2) is 4.79 Å². The molecule has 112 valence electrons. The predicted molar refractivity (Wildman–Crippen MR) is 74.5 cm³/mol. The van der Waals surface area contributed by atoms with E-state index in [2.05, 4.69) is 10.4 Å². The summed E-state index contributed by atoms with van der Waals surface area (Å²) < 4.78 is 13.7. The van der Waals surface area contributed by atoms with Crippen molar-refractivity contribution in [2.75, 3.05) is 5.75 Å². The second-order valence-corrected chi connectivity index (χ2v) is 5.95. The number of rotatable bonds is 7. The highest BCUT2D eigenvalue weighted by molar-refractivity contribution is 7.84. The lowest BCUT2D eigenvalue weighted by molar-refractivity contribution is -0.140. The van der Waals surface area contributed by atoms with Crippen LogP contribution in [-0.2, 0) is 39.6 Å². The van der Waals surface area contributed by atoms with Gasteiger partial charge in [-0.1, -0.05) is 6.92 Å². The monoisotopic (exact) mass is 301 g/mol. The summed E-state index contributed by atoms with van der Waals surface area (Å²) in [5.74, 6) is -1.55. The summed E-state index contributed by atoms with van der Waals surface area (Å²) in [6.45, 7) is 3.20. The van der Waals surface area contributed by atoms with Crippen molar-refractivity contribution in [1.29, 1.82) is 0 Å². The van der Waals surface area contributed by atoms with E-state index in [0.717, 1.165) is 17.8 Å². The van der Waals surface area contributed by atoms with E-state index >= 15 is 0 Å². The number of hydrogen-bond acceptors (Lipinski definition) is 4. The number of carbonyl (C=O) groups excluding carboxylic acids is 1. The molecule has 0 aromatic carbocycles. The number of aryl methyl sites for hydroxylation is 2. The smallest absolute Gasteiger partial charge is 0.327 e. The molecular weight excluding hydrogens is 282 g/mol. The summed E-state index contributed by atoms with van der Waals surface area (Å²) in [7, 11) is 0.365. The molecule has 20 heavy (non-hydrogen) atoms. The molecule has 2 unspecified atom stereocenters. The Bertz CT molecular complexity index is 527. The van der Waals surface area contributed by atoms with Crippen molar-refractivity contribution in [3.8, 4) is 0 Å². The van der Waals surface area contributed by atoms with Gasteiger partial charge in [-0.15, -0.1) is 0 Å². The molecule has 1 heterocycles. The van der Waals surface area contributed by atoms with E-state index in [1.54, 1.807) is 11.7 Å². The first-order chi connectivity index (χ1) is 9.33. The number of amides is 1. The molecule has 1 amide bonds. The van der Waals surface area contributed by atoms with Gasteiger partial charge >= 0.3 is 5.97 Å². The number of nitrogens with zero attached hydrogens (tertiary/aromatic N) is 2. The van der Waals surface area contributed by atoms with Crippen LogP contribution in [0.15, 0.2) is 6.07 Å². The number of carboxylic acids is 1. The molecule has 0 aliphatic heterocycles. The Kier molecular flexibility index (Phi) is 5.87. The van der Waals surface area contributed by atoms with Crippen LogP contribution in [0.3, 0.4) is 0 Å². The molecule has 1 aromatic heterocycles. The SMILES string of the molecule is CCc1cc(CS(=O)CC(NC(C)=O)C(=O)O)n(C)n1. The van der Waals surface area contributed by atoms with Crippen molar-refractivity contribution in [3.63, 3.8) is 0 Å². The molecule has 2 N–H and O–H groups in total. The summed E-state index contributed by atoms with van der Waals surface area (Å²) >= 11 is 0. The lowest BCUT2D eigenvalue weighted by atomic mass is 10.3. The fourth-order valence-corrected chi connectivity index (χ4v) is 3.02. The first-order valence-electron chi connectivity index (χ1n) is 6.20. The van der Waals surface area contributed by atoms with E-state index in [4.69, 9.17) is 5.11 Å². The molecule has 0 fully saturated rings. The Morgan fingerprint density at radius 1 is 1.55 bits per heavy atom. The van der Waals surface area contributed by atoms with E-state index in [1.807, 2.05) is 13.0 Å². The number of aromatic nitrogens is 2. The van der Waals surface area contributed by atoms with Gasteiger partial charge in [-0.2, -0.15) is 5.10 Å². The molecule has 0 saturated heterocycles. The third-order valence-electron chi connectivity index (χ3n) is 2.73. The molecule has 0 spiro atoms. The number of carboxylic acid groups (broad SMARTS) is 1. The Morgan fingerprint density at radius 2 is 2.20 bits per heavy atom. The Morgan fingerprint density at radius 3 is 2.65 bits per heavy atom. The number of nitrogens with one attached hydrogen (secondary N) is 1. The highest BCUT2D eigenvalue weighted by atomic mass is 32.2. The van der Waals surface area contributed by atoms with Crippen LogP contribution in [0.4, 0.5) is 0 Å². The van der Waals surface area contributed by atoms with Crippen molar-refractivity contribution in [3.05, 3.63) is 17.5 Å². The van der Waals surface area contributed by atoms with Crippen molar-refractivity contribution in [2.24, 2.45) is 7.05 Å². The van der Waals surface area contributed by atoms with E-state index in [9.17, 15) is 13.8 Å². The Hall–Kier alpha value is -1.70. The zero-order valence-electron chi connectivity index (χ0n) is 11.8. The minimum Gasteiger partial charge on any atom is -0.480 e. The van der Waals surface area contributed by atoms with Gasteiger partial charge in [-0.05, 0) is 12.5 Å². The largest absolute Gasteiger partial charge is 0.480 e. The van der Waals surface area contributed by atoms with E-state index in [0.29, 0.717) is 0 Å². The molecule has 2 atom stereocenters. The molecular formula is C12H19N3O4S. The summed E-state index contributed by atoms with van der Waals surface area (Å²) in [6, 6.07) is 0.721. The van der Waals surface area contributed by atoms with E-state index in [1.165, 1.54) is 6.92 Å². The Labute approximate surface area is 119 Å². The Balaban J connectivity index is 2.67. The first-order valence-corrected chi connectivity index (χ1v) is 7.69. The lowest BCUT2D eigenvalue weighted by Crippen LogP contribution is -2.43. The topological polar surface area (TPSA) is 101 Å². The standard InChI is InChI=1S/C12H19N3O4S/c1-4-9-5-10(15(3)14-9)6-20(19)7-11(12(17)18)13-8(2)16/h5,11H,4,6-7H2,1-3H3,(H,13,16)(H,17,18). The van der Waals surface area contributed by atoms with Gasteiger partial charge in [0.15, 0.2) is 0 Å². The quantitative estimate of drug-likeness (QED) is 0.727. The normalized spacial score (nSPS) is 13.8. The van der Waals surface area contributed by atoms with E-state index in [-0.39, 0.29) is 11.5 Å². The minimum absolute atomic E-state index is 0.123.